The molecule has 0 heterocycles. The third-order valence-corrected chi connectivity index (χ3v) is 4.10. The molecule has 0 aromatic heterocycles. The van der Waals surface area contributed by atoms with Crippen LogP contribution in [0, 0.1) is 5.82 Å². The number of nitrogens with zero attached hydrogens (tertiary/aromatic N) is 2. The molecule has 2 aromatic rings. The van der Waals surface area contributed by atoms with E-state index in [1.807, 2.05) is 38.4 Å². The predicted molar refractivity (Wildman–Crippen MR) is 102 cm³/mol. The van der Waals surface area contributed by atoms with Crippen LogP contribution in [0.3, 0.4) is 0 Å². The highest BCUT2D eigenvalue weighted by Crippen LogP contribution is 2.32. The van der Waals surface area contributed by atoms with Gasteiger partial charge in [0.25, 0.3) is 0 Å². The number of halogens is 4. The second-order valence-corrected chi connectivity index (χ2v) is 6.59. The van der Waals surface area contributed by atoms with Gasteiger partial charge in [0.1, 0.15) is 5.82 Å². The van der Waals surface area contributed by atoms with E-state index < -0.39 is 17.6 Å². The maximum Gasteiger partial charge on any atom is 0.416 e. The summed E-state index contributed by atoms with van der Waals surface area (Å²) in [6.45, 7) is 1.11. The third-order valence-electron chi connectivity index (χ3n) is 4.10. The van der Waals surface area contributed by atoms with Crippen LogP contribution in [0.25, 0.3) is 0 Å². The van der Waals surface area contributed by atoms with Crippen LogP contribution in [-0.4, -0.2) is 32.0 Å². The minimum atomic E-state index is -4.62. The van der Waals surface area contributed by atoms with E-state index in [0.29, 0.717) is 18.6 Å². The van der Waals surface area contributed by atoms with Gasteiger partial charge in [-0.05, 0) is 42.9 Å². The zero-order chi connectivity index (χ0) is 20.7. The highest BCUT2D eigenvalue weighted by molar-refractivity contribution is 5.79. The molecule has 28 heavy (non-hydrogen) atoms. The van der Waals surface area contributed by atoms with E-state index in [2.05, 4.69) is 20.5 Å². The Kier molecular flexibility index (Phi) is 7.39. The van der Waals surface area contributed by atoms with Crippen molar-refractivity contribution in [2.75, 3.05) is 21.1 Å². The molecule has 0 saturated heterocycles. The Balaban J connectivity index is 2.04. The molecule has 2 aromatic carbocycles. The maximum atomic E-state index is 13.2. The average Bonchev–Trinajstić information content (AvgIpc) is 2.62. The summed E-state index contributed by atoms with van der Waals surface area (Å²) in [5.74, 6) is -0.562. The van der Waals surface area contributed by atoms with Gasteiger partial charge in [0.2, 0.25) is 0 Å². The molecule has 0 bridgehead atoms. The Morgan fingerprint density at radius 3 is 2.14 bits per heavy atom. The average molecular weight is 396 g/mol. The molecule has 0 aliphatic carbocycles. The van der Waals surface area contributed by atoms with E-state index in [0.717, 1.165) is 29.8 Å². The summed E-state index contributed by atoms with van der Waals surface area (Å²) in [5.41, 5.74) is 1.17. The second-order valence-electron chi connectivity index (χ2n) is 6.59. The van der Waals surface area contributed by atoms with Crippen molar-refractivity contribution in [1.82, 2.24) is 15.5 Å². The van der Waals surface area contributed by atoms with Crippen molar-refractivity contribution in [3.05, 3.63) is 70.5 Å². The lowest BCUT2D eigenvalue weighted by Gasteiger charge is -2.17. The standard InChI is InChI=1S/C20H24F4N4/c1-25-19(26-11-14-6-4-5-7-16(14)13-28(2)3)27-12-15-8-9-17(21)10-18(15)20(22,23)24/h4-10H,11-13H2,1-3H3,(H2,25,26,27). The summed E-state index contributed by atoms with van der Waals surface area (Å²) >= 11 is 0. The molecule has 0 aliphatic rings. The SMILES string of the molecule is CN=C(NCc1ccccc1CN(C)C)NCc1ccc(F)cc1C(F)(F)F. The van der Waals surface area contributed by atoms with Gasteiger partial charge in [-0.15, -0.1) is 0 Å². The summed E-state index contributed by atoms with van der Waals surface area (Å²) in [6, 6.07) is 10.6. The van der Waals surface area contributed by atoms with Crippen LogP contribution < -0.4 is 10.6 Å². The fourth-order valence-electron chi connectivity index (χ4n) is 2.77. The lowest BCUT2D eigenvalue weighted by Crippen LogP contribution is -2.37. The Morgan fingerprint density at radius 2 is 1.57 bits per heavy atom. The van der Waals surface area contributed by atoms with Crippen molar-refractivity contribution in [2.45, 2.75) is 25.8 Å². The van der Waals surface area contributed by atoms with Gasteiger partial charge < -0.3 is 15.5 Å². The lowest BCUT2D eigenvalue weighted by molar-refractivity contribution is -0.138. The molecule has 152 valence electrons. The Bertz CT molecular complexity index is 816. The number of nitrogens with one attached hydrogen (secondary N) is 2. The first-order valence-electron chi connectivity index (χ1n) is 8.72. The minimum absolute atomic E-state index is 0.0511. The monoisotopic (exact) mass is 396 g/mol. The molecular weight excluding hydrogens is 372 g/mol. The normalized spacial score (nSPS) is 12.4. The number of hydrogen-bond acceptors (Lipinski definition) is 2. The lowest BCUT2D eigenvalue weighted by atomic mass is 10.1. The molecule has 0 amide bonds. The number of guanidine groups is 1. The van der Waals surface area contributed by atoms with Crippen LogP contribution in [0.2, 0.25) is 0 Å². The number of aliphatic imine (C=N–C) groups is 1. The van der Waals surface area contributed by atoms with E-state index in [4.69, 9.17) is 0 Å². The number of alkyl halides is 3. The minimum Gasteiger partial charge on any atom is -0.352 e. The van der Waals surface area contributed by atoms with Gasteiger partial charge in [0, 0.05) is 26.7 Å². The summed E-state index contributed by atoms with van der Waals surface area (Å²) in [5, 5.41) is 5.96. The molecule has 8 heteroatoms. The van der Waals surface area contributed by atoms with Gasteiger partial charge in [0.05, 0.1) is 5.56 Å². The van der Waals surface area contributed by atoms with Crippen LogP contribution in [0.1, 0.15) is 22.3 Å². The smallest absolute Gasteiger partial charge is 0.352 e. The first-order chi connectivity index (χ1) is 13.2. The molecule has 4 nitrogen and oxygen atoms in total. The summed E-state index contributed by atoms with van der Waals surface area (Å²) in [6.07, 6.45) is -4.62. The fraction of sp³-hybridized carbons (Fsp3) is 0.350. The number of rotatable bonds is 6. The third kappa shape index (κ3) is 6.23. The number of benzene rings is 2. The Hall–Kier alpha value is -2.61. The van der Waals surface area contributed by atoms with Crippen LogP contribution in [0.5, 0.6) is 0 Å². The van der Waals surface area contributed by atoms with Crippen LogP contribution in [0.15, 0.2) is 47.5 Å². The van der Waals surface area contributed by atoms with Gasteiger partial charge in [-0.25, -0.2) is 4.39 Å². The van der Waals surface area contributed by atoms with Crippen LogP contribution in [-0.2, 0) is 25.8 Å². The largest absolute Gasteiger partial charge is 0.416 e. The van der Waals surface area contributed by atoms with E-state index in [9.17, 15) is 17.6 Å². The van der Waals surface area contributed by atoms with Crippen molar-refractivity contribution < 1.29 is 17.6 Å². The van der Waals surface area contributed by atoms with E-state index >= 15 is 0 Å². The maximum absolute atomic E-state index is 13.2. The quantitative estimate of drug-likeness (QED) is 0.444. The molecule has 0 unspecified atom stereocenters. The molecule has 0 radical (unpaired) electrons. The molecule has 0 fully saturated rings. The number of hydrogen-bond donors (Lipinski definition) is 2. The first-order valence-corrected chi connectivity index (χ1v) is 8.72. The fourth-order valence-corrected chi connectivity index (χ4v) is 2.77. The summed E-state index contributed by atoms with van der Waals surface area (Å²) < 4.78 is 52.5. The van der Waals surface area contributed by atoms with Gasteiger partial charge in [0.15, 0.2) is 5.96 Å². The Morgan fingerprint density at radius 1 is 0.964 bits per heavy atom. The summed E-state index contributed by atoms with van der Waals surface area (Å²) in [4.78, 5) is 6.10. The highest BCUT2D eigenvalue weighted by atomic mass is 19.4. The summed E-state index contributed by atoms with van der Waals surface area (Å²) in [7, 11) is 5.49. The molecule has 0 saturated carbocycles. The molecule has 0 spiro atoms. The van der Waals surface area contributed by atoms with Crippen molar-refractivity contribution in [3.8, 4) is 0 Å². The topological polar surface area (TPSA) is 39.7 Å². The zero-order valence-electron chi connectivity index (χ0n) is 16.1. The van der Waals surface area contributed by atoms with Crippen LogP contribution >= 0.6 is 0 Å². The van der Waals surface area contributed by atoms with Crippen molar-refractivity contribution in [3.63, 3.8) is 0 Å². The van der Waals surface area contributed by atoms with Gasteiger partial charge in [-0.2, -0.15) is 13.2 Å². The molecule has 2 rings (SSSR count). The molecule has 0 aliphatic heterocycles. The molecule has 2 N–H and O–H groups in total. The van der Waals surface area contributed by atoms with E-state index in [1.165, 1.54) is 7.05 Å². The molecular formula is C20H24F4N4. The second kappa shape index (κ2) is 9.54. The van der Waals surface area contributed by atoms with Crippen molar-refractivity contribution in [2.24, 2.45) is 4.99 Å². The van der Waals surface area contributed by atoms with Crippen LogP contribution in [0.4, 0.5) is 17.6 Å². The van der Waals surface area contributed by atoms with E-state index in [-0.39, 0.29) is 12.1 Å². The zero-order valence-corrected chi connectivity index (χ0v) is 16.1. The van der Waals surface area contributed by atoms with Gasteiger partial charge in [-0.3, -0.25) is 4.99 Å². The first kappa shape index (κ1) is 21.7. The molecule has 0 atom stereocenters. The van der Waals surface area contributed by atoms with E-state index in [1.54, 1.807) is 0 Å². The van der Waals surface area contributed by atoms with Gasteiger partial charge >= 0.3 is 6.18 Å². The Labute approximate surface area is 162 Å². The highest BCUT2D eigenvalue weighted by Gasteiger charge is 2.33. The van der Waals surface area contributed by atoms with Crippen molar-refractivity contribution >= 4 is 5.96 Å². The van der Waals surface area contributed by atoms with Gasteiger partial charge in [-0.1, -0.05) is 30.3 Å². The van der Waals surface area contributed by atoms with Crippen molar-refractivity contribution in [1.29, 1.82) is 0 Å². The predicted octanol–water partition coefficient (Wildman–Crippen LogP) is 3.77.